The van der Waals surface area contributed by atoms with Crippen LogP contribution in [-0.2, 0) is 16.0 Å². The normalized spacial score (nSPS) is 21.6. The summed E-state index contributed by atoms with van der Waals surface area (Å²) in [6.45, 7) is 6.68. The van der Waals surface area contributed by atoms with Crippen LogP contribution in [0, 0.1) is 6.92 Å². The Kier molecular flexibility index (Phi) is 8.72. The van der Waals surface area contributed by atoms with Crippen molar-refractivity contribution >= 4 is 29.1 Å². The molecule has 2 aromatic carbocycles. The van der Waals surface area contributed by atoms with Gasteiger partial charge in [-0.3, -0.25) is 19.5 Å². The van der Waals surface area contributed by atoms with Crippen LogP contribution < -0.4 is 20.8 Å². The number of benzene rings is 2. The van der Waals surface area contributed by atoms with Gasteiger partial charge in [0.1, 0.15) is 5.57 Å². The van der Waals surface area contributed by atoms with Crippen molar-refractivity contribution in [2.24, 2.45) is 0 Å². The molecule has 3 aromatic rings. The van der Waals surface area contributed by atoms with E-state index in [-0.39, 0.29) is 23.1 Å². The van der Waals surface area contributed by atoms with Gasteiger partial charge in [-0.2, -0.15) is 0 Å². The summed E-state index contributed by atoms with van der Waals surface area (Å²) in [6, 6.07) is 14.1. The third-order valence-corrected chi connectivity index (χ3v) is 10.3. The topological polar surface area (TPSA) is 98.8 Å². The van der Waals surface area contributed by atoms with Gasteiger partial charge in [0.25, 0.3) is 11.8 Å². The first-order valence-corrected chi connectivity index (χ1v) is 16.0. The molecule has 3 aliphatic rings. The SMILES string of the molecule is CCC1(NC)CCN(C2CCc3cc(-c4cccc(-c5cccc(NC(=O)C6=CCNN(C)C6=O)c5C)c4Cl)nc(OC)c32)C1. The number of pyridine rings is 1. The summed E-state index contributed by atoms with van der Waals surface area (Å²) in [6.07, 6.45) is 5.84. The largest absolute Gasteiger partial charge is 0.481 e. The van der Waals surface area contributed by atoms with E-state index in [0.29, 0.717) is 23.1 Å². The molecule has 2 aliphatic heterocycles. The summed E-state index contributed by atoms with van der Waals surface area (Å²) in [5, 5.41) is 8.40. The second-order valence-corrected chi connectivity index (χ2v) is 12.6. The number of carbonyl (C=O) groups is 2. The van der Waals surface area contributed by atoms with E-state index in [1.165, 1.54) is 16.1 Å². The number of nitrogens with zero attached hydrogens (tertiary/aromatic N) is 3. The Labute approximate surface area is 270 Å². The predicted octanol–water partition coefficient (Wildman–Crippen LogP) is 5.29. The van der Waals surface area contributed by atoms with E-state index in [1.54, 1.807) is 20.2 Å². The molecule has 3 N–H and O–H groups in total. The molecule has 236 valence electrons. The van der Waals surface area contributed by atoms with E-state index in [4.69, 9.17) is 21.3 Å². The lowest BCUT2D eigenvalue weighted by Gasteiger charge is -2.30. The second kappa shape index (κ2) is 12.6. The fraction of sp³-hybridized carbons (Fsp3) is 0.400. The highest BCUT2D eigenvalue weighted by Gasteiger charge is 2.41. The summed E-state index contributed by atoms with van der Waals surface area (Å²) in [5.41, 5.74) is 10.4. The first-order chi connectivity index (χ1) is 21.7. The highest BCUT2D eigenvalue weighted by molar-refractivity contribution is 6.36. The highest BCUT2D eigenvalue weighted by atomic mass is 35.5. The summed E-state index contributed by atoms with van der Waals surface area (Å²) in [5.74, 6) is -0.154. The maximum absolute atomic E-state index is 13.0. The molecule has 3 heterocycles. The van der Waals surface area contributed by atoms with E-state index in [1.807, 2.05) is 43.3 Å². The van der Waals surface area contributed by atoms with Crippen LogP contribution in [-0.4, -0.2) is 73.1 Å². The molecule has 2 atom stereocenters. The average Bonchev–Trinajstić information content (AvgIpc) is 3.68. The molecule has 10 heteroatoms. The van der Waals surface area contributed by atoms with Crippen molar-refractivity contribution in [2.45, 2.75) is 51.1 Å². The molecule has 9 nitrogen and oxygen atoms in total. The molecule has 0 bridgehead atoms. The predicted molar refractivity (Wildman–Crippen MR) is 178 cm³/mol. The summed E-state index contributed by atoms with van der Waals surface area (Å²) in [4.78, 5) is 33.2. The van der Waals surface area contributed by atoms with Crippen LogP contribution in [0.2, 0.25) is 5.02 Å². The fourth-order valence-electron chi connectivity index (χ4n) is 7.09. The van der Waals surface area contributed by atoms with Crippen molar-refractivity contribution in [3.8, 4) is 28.3 Å². The molecule has 0 radical (unpaired) electrons. The number of nitrogens with one attached hydrogen (secondary N) is 3. The van der Waals surface area contributed by atoms with Crippen LogP contribution in [0.25, 0.3) is 22.4 Å². The Morgan fingerprint density at radius 3 is 2.69 bits per heavy atom. The first-order valence-electron chi connectivity index (χ1n) is 15.6. The maximum atomic E-state index is 13.0. The van der Waals surface area contributed by atoms with Crippen LogP contribution in [0.15, 0.2) is 54.1 Å². The van der Waals surface area contributed by atoms with Crippen molar-refractivity contribution in [3.63, 3.8) is 0 Å². The molecule has 1 fully saturated rings. The molecule has 6 rings (SSSR count). The molecule has 1 aromatic heterocycles. The van der Waals surface area contributed by atoms with Crippen LogP contribution in [0.5, 0.6) is 5.88 Å². The lowest BCUT2D eigenvalue weighted by atomic mass is 9.95. The minimum atomic E-state index is -0.443. The average molecular weight is 629 g/mol. The van der Waals surface area contributed by atoms with Gasteiger partial charge >= 0.3 is 0 Å². The number of likely N-dealkylation sites (tertiary alicyclic amines) is 1. The highest BCUT2D eigenvalue weighted by Crippen LogP contribution is 2.46. The minimum Gasteiger partial charge on any atom is -0.481 e. The molecular formula is C35H41ClN6O3. The first kappa shape index (κ1) is 31.2. The number of aromatic nitrogens is 1. The van der Waals surface area contributed by atoms with Crippen molar-refractivity contribution < 1.29 is 14.3 Å². The number of carbonyl (C=O) groups excluding carboxylic acids is 2. The van der Waals surface area contributed by atoms with E-state index in [2.05, 4.69) is 41.0 Å². The molecule has 2 unspecified atom stereocenters. The van der Waals surface area contributed by atoms with Gasteiger partial charge in [0.05, 0.1) is 17.8 Å². The number of fused-ring (bicyclic) bond motifs is 1. The summed E-state index contributed by atoms with van der Waals surface area (Å²) in [7, 11) is 5.37. The molecule has 2 amide bonds. The zero-order valence-corrected chi connectivity index (χ0v) is 27.3. The zero-order chi connectivity index (χ0) is 31.9. The van der Waals surface area contributed by atoms with Gasteiger partial charge in [0.2, 0.25) is 5.88 Å². The number of likely N-dealkylation sites (N-methyl/N-ethyl adjacent to an activating group) is 2. The van der Waals surface area contributed by atoms with E-state index >= 15 is 0 Å². The minimum absolute atomic E-state index is 0.108. The molecule has 1 saturated heterocycles. The van der Waals surface area contributed by atoms with Gasteiger partial charge in [0, 0.05) is 60.6 Å². The third-order valence-electron chi connectivity index (χ3n) is 9.92. The zero-order valence-electron chi connectivity index (χ0n) is 26.6. The third kappa shape index (κ3) is 5.63. The Morgan fingerprint density at radius 2 is 1.96 bits per heavy atom. The van der Waals surface area contributed by atoms with Gasteiger partial charge in [-0.25, -0.2) is 10.4 Å². The number of halogens is 1. The smallest absolute Gasteiger partial charge is 0.273 e. The number of amides is 2. The molecule has 0 spiro atoms. The number of aryl methyl sites for hydroxylation is 1. The van der Waals surface area contributed by atoms with Crippen molar-refractivity contribution in [3.05, 3.63) is 75.8 Å². The van der Waals surface area contributed by atoms with Crippen molar-refractivity contribution in [1.82, 2.24) is 25.6 Å². The Morgan fingerprint density at radius 1 is 1.20 bits per heavy atom. The summed E-state index contributed by atoms with van der Waals surface area (Å²) < 4.78 is 5.93. The van der Waals surface area contributed by atoms with E-state index in [9.17, 15) is 9.59 Å². The quantitative estimate of drug-likeness (QED) is 0.292. The van der Waals surface area contributed by atoms with Gasteiger partial charge < -0.3 is 15.4 Å². The van der Waals surface area contributed by atoms with Crippen LogP contribution >= 0.6 is 11.6 Å². The monoisotopic (exact) mass is 628 g/mol. The molecule has 1 aliphatic carbocycles. The molecule has 45 heavy (non-hydrogen) atoms. The number of anilines is 1. The lowest BCUT2D eigenvalue weighted by Crippen LogP contribution is -2.46. The van der Waals surface area contributed by atoms with Crippen LogP contribution in [0.4, 0.5) is 5.69 Å². The van der Waals surface area contributed by atoms with Crippen LogP contribution in [0.1, 0.15) is 48.9 Å². The summed E-state index contributed by atoms with van der Waals surface area (Å²) >= 11 is 7.16. The van der Waals surface area contributed by atoms with Gasteiger partial charge in [-0.05, 0) is 68.5 Å². The number of methoxy groups -OCH3 is 1. The Bertz CT molecular complexity index is 1680. The van der Waals surface area contributed by atoms with Crippen molar-refractivity contribution in [2.75, 3.05) is 46.2 Å². The van der Waals surface area contributed by atoms with Gasteiger partial charge in [-0.15, -0.1) is 0 Å². The number of hydrogen-bond acceptors (Lipinski definition) is 7. The van der Waals surface area contributed by atoms with E-state index < -0.39 is 5.91 Å². The Hall–Kier alpha value is -3.76. The lowest BCUT2D eigenvalue weighted by molar-refractivity contribution is -0.131. The van der Waals surface area contributed by atoms with Crippen molar-refractivity contribution in [1.29, 1.82) is 0 Å². The number of ether oxygens (including phenoxy) is 1. The van der Waals surface area contributed by atoms with Gasteiger partial charge in [-0.1, -0.05) is 54.9 Å². The Balaban J connectivity index is 1.30. The van der Waals surface area contributed by atoms with E-state index in [0.717, 1.165) is 66.7 Å². The molecule has 0 saturated carbocycles. The number of rotatable bonds is 8. The maximum Gasteiger partial charge on any atom is 0.273 e. The standard InChI is InChI=1S/C35H41ClN6O3/c1-6-35(37-3)16-18-42(20-35)29-14-13-22-19-28(40-33(45-5)30(22)29)25-11-7-10-24(31(25)36)23-9-8-12-27(21(23)2)39-32(43)26-15-17-38-41(4)34(26)44/h7-12,15,19,29,37-38H,6,13-14,16-18,20H2,1-5H3,(H,39,43). The number of hydrogen-bond donors (Lipinski definition) is 3. The number of hydrazine groups is 1. The van der Waals surface area contributed by atoms with Gasteiger partial charge in [0.15, 0.2) is 0 Å². The van der Waals surface area contributed by atoms with Crippen LogP contribution in [0.3, 0.4) is 0 Å². The fourth-order valence-corrected chi connectivity index (χ4v) is 7.41. The molecular weight excluding hydrogens is 588 g/mol. The second-order valence-electron chi connectivity index (χ2n) is 12.2.